The maximum absolute atomic E-state index is 14.3. The Kier molecular flexibility index (Phi) is 12.1. The van der Waals surface area contributed by atoms with Gasteiger partial charge in [0, 0.05) is 79.8 Å². The number of carbonyl (C=O) groups excluding carboxylic acids is 3. The Hall–Kier alpha value is -6.66. The van der Waals surface area contributed by atoms with Gasteiger partial charge in [-0.15, -0.1) is 21.5 Å². The third-order valence-electron chi connectivity index (χ3n) is 13.1. The van der Waals surface area contributed by atoms with Gasteiger partial charge >= 0.3 is 0 Å². The number of amides is 3. The fraction of sp³-hybridized carbons (Fsp3) is 0.404. The fourth-order valence-corrected chi connectivity index (χ4v) is 10.2. The fourth-order valence-electron chi connectivity index (χ4n) is 9.38. The zero-order valence-corrected chi connectivity index (χ0v) is 37.6. The van der Waals surface area contributed by atoms with Crippen LogP contribution in [0.5, 0.6) is 5.75 Å². The third-order valence-corrected chi connectivity index (χ3v) is 14.0. The number of thiazole rings is 1. The van der Waals surface area contributed by atoms with E-state index >= 15 is 0 Å². The first-order valence-corrected chi connectivity index (χ1v) is 23.0. The lowest BCUT2D eigenvalue weighted by atomic mass is 9.91. The van der Waals surface area contributed by atoms with E-state index < -0.39 is 18.1 Å². The molecule has 2 saturated heterocycles. The van der Waals surface area contributed by atoms with E-state index in [1.807, 2.05) is 79.4 Å². The van der Waals surface area contributed by atoms with Crippen LogP contribution in [0.2, 0.25) is 0 Å². The van der Waals surface area contributed by atoms with Crippen molar-refractivity contribution >= 4 is 51.9 Å². The van der Waals surface area contributed by atoms with Crippen LogP contribution >= 0.6 is 11.3 Å². The number of aliphatic hydroxyl groups is 1. The van der Waals surface area contributed by atoms with E-state index in [2.05, 4.69) is 36.0 Å². The Morgan fingerprint density at radius 2 is 1.77 bits per heavy atom. The van der Waals surface area contributed by atoms with E-state index in [0.717, 1.165) is 38.3 Å². The zero-order chi connectivity index (χ0) is 45.5. The molecule has 6 aromatic rings. The number of aromatic nitrogens is 5. The topological polar surface area (TPSA) is 230 Å². The van der Waals surface area contributed by atoms with Gasteiger partial charge < -0.3 is 39.7 Å². The second-order valence-electron chi connectivity index (χ2n) is 17.7. The van der Waals surface area contributed by atoms with Gasteiger partial charge in [0.05, 0.1) is 33.9 Å². The molecule has 3 aliphatic heterocycles. The first-order chi connectivity index (χ1) is 31.3. The summed E-state index contributed by atoms with van der Waals surface area (Å²) in [7, 11) is 0. The number of likely N-dealkylation sites (tertiary alicyclic amines) is 1. The number of β-amino-alcohol motifs (C(OH)–C–C–N with tert-alkyl or cyclic N) is 1. The molecule has 9 rings (SSSR count). The Morgan fingerprint density at radius 3 is 2.49 bits per heavy atom. The van der Waals surface area contributed by atoms with Gasteiger partial charge in [-0.3, -0.25) is 25.1 Å². The summed E-state index contributed by atoms with van der Waals surface area (Å²) < 4.78 is 5.85. The van der Waals surface area contributed by atoms with Crippen LogP contribution < -0.4 is 15.5 Å². The quantitative estimate of drug-likeness (QED) is 0.0724. The number of aromatic amines is 1. The van der Waals surface area contributed by atoms with Crippen molar-refractivity contribution in [2.45, 2.75) is 84.0 Å². The molecule has 2 aromatic carbocycles. The predicted octanol–water partition coefficient (Wildman–Crippen LogP) is 5.65. The lowest BCUT2D eigenvalue weighted by molar-refractivity contribution is -0.141. The molecule has 0 spiro atoms. The summed E-state index contributed by atoms with van der Waals surface area (Å²) in [6.45, 7) is 9.73. The normalized spacial score (nSPS) is 18.8. The van der Waals surface area contributed by atoms with Gasteiger partial charge in [0.25, 0.3) is 0 Å². The van der Waals surface area contributed by atoms with Gasteiger partial charge in [-0.1, -0.05) is 55.4 Å². The second kappa shape index (κ2) is 18.1. The summed E-state index contributed by atoms with van der Waals surface area (Å²) in [5.41, 5.74) is 8.52. The average Bonchev–Trinajstić information content (AvgIpc) is 4.12. The van der Waals surface area contributed by atoms with Crippen LogP contribution in [0.15, 0.2) is 70.7 Å². The molecule has 0 radical (unpaired) electrons. The van der Waals surface area contributed by atoms with Crippen LogP contribution in [0, 0.1) is 24.2 Å². The molecule has 65 heavy (non-hydrogen) atoms. The number of phenols is 1. The van der Waals surface area contributed by atoms with Crippen molar-refractivity contribution in [1.29, 1.82) is 5.41 Å². The number of benzene rings is 2. The number of H-pyrrole nitrogens is 1. The van der Waals surface area contributed by atoms with E-state index in [1.54, 1.807) is 35.6 Å². The van der Waals surface area contributed by atoms with Gasteiger partial charge in [-0.25, -0.2) is 4.98 Å². The van der Waals surface area contributed by atoms with Crippen LogP contribution in [0.3, 0.4) is 0 Å². The van der Waals surface area contributed by atoms with Gasteiger partial charge in [0.15, 0.2) is 23.2 Å². The molecule has 0 unspecified atom stereocenters. The number of rotatable bonds is 10. The summed E-state index contributed by atoms with van der Waals surface area (Å²) in [6, 6.07) is 17.5. The predicted molar refractivity (Wildman–Crippen MR) is 245 cm³/mol. The van der Waals surface area contributed by atoms with E-state index in [1.165, 1.54) is 4.90 Å². The molecular formula is C47H53N11O6S. The molecule has 4 atom stereocenters. The minimum atomic E-state index is -0.852. The van der Waals surface area contributed by atoms with Crippen LogP contribution in [0.25, 0.3) is 32.7 Å². The lowest BCUT2D eigenvalue weighted by Gasteiger charge is -2.33. The van der Waals surface area contributed by atoms with Gasteiger partial charge in [-0.2, -0.15) is 0 Å². The first kappa shape index (κ1) is 43.6. The maximum atomic E-state index is 14.3. The molecule has 3 aliphatic rings. The largest absolute Gasteiger partial charge is 0.507 e. The number of guanidine groups is 1. The number of nitrogens with one attached hydrogen (secondary N) is 4. The minimum absolute atomic E-state index is 0.0319. The summed E-state index contributed by atoms with van der Waals surface area (Å²) in [4.78, 5) is 55.7. The molecule has 4 aromatic heterocycles. The van der Waals surface area contributed by atoms with Crippen LogP contribution in [-0.2, 0) is 27.3 Å². The smallest absolute Gasteiger partial charge is 0.243 e. The highest BCUT2D eigenvalue weighted by Gasteiger charge is 2.44. The number of anilines is 1. The van der Waals surface area contributed by atoms with Crippen molar-refractivity contribution in [3.63, 3.8) is 0 Å². The van der Waals surface area contributed by atoms with Crippen LogP contribution in [-0.4, -0.2) is 107 Å². The standard InChI is InChI=1S/C47H53N11O6S/c1-25(2)41(46(63)58-22-31(59)19-37(58)45(62)50-26(3)28-9-11-29(12-10-28)42-27(4)49-24-65-42)39-21-40(55-64-39)56-16-13-30(14-17-56)44(61)52-47(48)57-18-15-35-34(23-57)33-20-36(53-54-43(33)51-35)32-7-5-6-8-38(32)60/h5-12,20-21,24-26,30-31,37,41,59-60H,13-19,22-23H2,1-4H3,(H,50,62)(H,51,54)(H2,48,52,61)/t26-,31+,37-,41+/m0/s1. The number of aromatic hydroxyl groups is 1. The number of aryl methyl sites for hydroxylation is 1. The van der Waals surface area contributed by atoms with Gasteiger partial charge in [0.2, 0.25) is 17.7 Å². The summed E-state index contributed by atoms with van der Waals surface area (Å²) in [6.07, 6.45) is 0.984. The Labute approximate surface area is 379 Å². The molecule has 0 aliphatic carbocycles. The van der Waals surface area contributed by atoms with Crippen LogP contribution in [0.1, 0.15) is 80.3 Å². The Morgan fingerprint density at radius 1 is 1.00 bits per heavy atom. The number of para-hydroxylation sites is 1. The van der Waals surface area contributed by atoms with Crippen molar-refractivity contribution in [2.75, 3.05) is 31.1 Å². The number of carbonyl (C=O) groups is 3. The summed E-state index contributed by atoms with van der Waals surface area (Å²) >= 11 is 1.58. The monoisotopic (exact) mass is 899 g/mol. The number of phenolic OH excluding ortho intramolecular Hbond substituents is 1. The van der Waals surface area contributed by atoms with Gasteiger partial charge in [0.1, 0.15) is 17.7 Å². The summed E-state index contributed by atoms with van der Waals surface area (Å²) in [5.74, 6) is -1.02. The molecule has 3 amide bonds. The van der Waals surface area contributed by atoms with Crippen molar-refractivity contribution < 1.29 is 29.1 Å². The molecule has 0 bridgehead atoms. The van der Waals surface area contributed by atoms with E-state index in [-0.39, 0.29) is 60.3 Å². The average molecular weight is 900 g/mol. The highest BCUT2D eigenvalue weighted by atomic mass is 32.1. The molecule has 0 saturated carbocycles. The first-order valence-electron chi connectivity index (χ1n) is 22.1. The number of hydrogen-bond acceptors (Lipinski definition) is 13. The minimum Gasteiger partial charge on any atom is -0.507 e. The van der Waals surface area contributed by atoms with Crippen molar-refractivity contribution in [3.8, 4) is 27.4 Å². The molecule has 17 nitrogen and oxygen atoms in total. The van der Waals surface area contributed by atoms with Crippen molar-refractivity contribution in [1.82, 2.24) is 45.8 Å². The second-order valence-corrected chi connectivity index (χ2v) is 18.5. The number of nitrogens with zero attached hydrogens (tertiary/aromatic N) is 7. The number of piperidine rings is 1. The zero-order valence-electron chi connectivity index (χ0n) is 36.7. The highest BCUT2D eigenvalue weighted by Crippen LogP contribution is 2.36. The lowest BCUT2D eigenvalue weighted by Crippen LogP contribution is -2.49. The SMILES string of the molecule is Cc1ncsc1-c1ccc([C@H](C)NC(=O)[C@@H]2C[C@@H](O)CN2C(=O)[C@@H](c2cc(N3CCC(C(=O)NC(=N)N4CCc5[nH]c6nnc(-c7ccccc7O)cc6c5C4)CC3)no2)C(C)C)cc1. The molecule has 338 valence electrons. The molecule has 18 heteroatoms. The Balaban J connectivity index is 0.792. The molecule has 7 heterocycles. The van der Waals surface area contributed by atoms with E-state index in [0.29, 0.717) is 73.9 Å². The molecular weight excluding hydrogens is 847 g/mol. The van der Waals surface area contributed by atoms with E-state index in [9.17, 15) is 24.6 Å². The van der Waals surface area contributed by atoms with Gasteiger partial charge in [-0.05, 0) is 61.9 Å². The van der Waals surface area contributed by atoms with Crippen molar-refractivity contribution in [3.05, 3.63) is 94.4 Å². The number of fused-ring (bicyclic) bond motifs is 3. The summed E-state index contributed by atoms with van der Waals surface area (Å²) in [5, 5.41) is 49.8. The van der Waals surface area contributed by atoms with Crippen molar-refractivity contribution in [2.24, 2.45) is 11.8 Å². The third kappa shape index (κ3) is 8.79. The van der Waals surface area contributed by atoms with Crippen LogP contribution in [0.4, 0.5) is 5.82 Å². The number of hydrogen-bond donors (Lipinski definition) is 6. The molecule has 6 N–H and O–H groups in total. The highest BCUT2D eigenvalue weighted by molar-refractivity contribution is 7.13. The molecule has 2 fully saturated rings. The number of aliphatic hydroxyl groups excluding tert-OH is 1. The maximum Gasteiger partial charge on any atom is 0.243 e. The van der Waals surface area contributed by atoms with E-state index in [4.69, 9.17) is 9.93 Å². The Bertz CT molecular complexity index is 2740.